The highest BCUT2D eigenvalue weighted by Gasteiger charge is 2.04. The smallest absolute Gasteiger partial charge is 0.323 e. The first-order valence-electron chi connectivity index (χ1n) is 6.11. The Morgan fingerprint density at radius 3 is 2.48 bits per heavy atom. The van der Waals surface area contributed by atoms with Gasteiger partial charge in [0.1, 0.15) is 17.6 Å². The van der Waals surface area contributed by atoms with E-state index in [1.165, 1.54) is 18.2 Å². The Hall–Kier alpha value is -3.07. The highest BCUT2D eigenvalue weighted by molar-refractivity contribution is 5.99. The summed E-state index contributed by atoms with van der Waals surface area (Å²) in [5.41, 5.74) is 0.851. The standard InChI is InChI=1S/C15H12FN3O2/c16-11-3-1-4-12(9-11)18-15(20)19-13-5-2-6-14(10-13)21-8-7-17/h1-6,9-10H,8H2,(H2,18,19,20). The van der Waals surface area contributed by atoms with Gasteiger partial charge in [0.05, 0.1) is 0 Å². The first-order valence-corrected chi connectivity index (χ1v) is 6.11. The lowest BCUT2D eigenvalue weighted by atomic mass is 10.3. The van der Waals surface area contributed by atoms with Crippen LogP contribution in [0.4, 0.5) is 20.6 Å². The Morgan fingerprint density at radius 2 is 1.81 bits per heavy atom. The maximum Gasteiger partial charge on any atom is 0.323 e. The summed E-state index contributed by atoms with van der Waals surface area (Å²) in [5.74, 6) is 0.0415. The third-order valence-corrected chi connectivity index (χ3v) is 2.48. The predicted molar refractivity (Wildman–Crippen MR) is 76.6 cm³/mol. The minimum atomic E-state index is -0.502. The zero-order chi connectivity index (χ0) is 15.1. The normalized spacial score (nSPS) is 9.52. The van der Waals surface area contributed by atoms with Gasteiger partial charge >= 0.3 is 6.03 Å². The lowest BCUT2D eigenvalue weighted by Crippen LogP contribution is -2.19. The van der Waals surface area contributed by atoms with Gasteiger partial charge in [-0.25, -0.2) is 9.18 Å². The fourth-order valence-electron chi connectivity index (χ4n) is 1.64. The van der Waals surface area contributed by atoms with Crippen LogP contribution in [0.1, 0.15) is 0 Å². The maximum absolute atomic E-state index is 13.0. The lowest BCUT2D eigenvalue weighted by molar-refractivity contribution is 0.262. The summed E-state index contributed by atoms with van der Waals surface area (Å²) in [6.07, 6.45) is 0. The Labute approximate surface area is 121 Å². The zero-order valence-corrected chi connectivity index (χ0v) is 11.0. The molecule has 2 rings (SSSR count). The van der Waals surface area contributed by atoms with Crippen molar-refractivity contribution in [2.45, 2.75) is 0 Å². The van der Waals surface area contributed by atoms with Gasteiger partial charge < -0.3 is 15.4 Å². The molecule has 0 unspecified atom stereocenters. The third-order valence-electron chi connectivity index (χ3n) is 2.48. The fraction of sp³-hybridized carbons (Fsp3) is 0.0667. The number of hydrogen-bond acceptors (Lipinski definition) is 3. The van der Waals surface area contributed by atoms with E-state index < -0.39 is 11.8 Å². The molecule has 0 heterocycles. The van der Waals surface area contributed by atoms with E-state index in [1.54, 1.807) is 30.3 Å². The summed E-state index contributed by atoms with van der Waals surface area (Å²) in [6, 6.07) is 13.6. The highest BCUT2D eigenvalue weighted by Crippen LogP contribution is 2.17. The molecule has 2 aromatic carbocycles. The van der Waals surface area contributed by atoms with E-state index >= 15 is 0 Å². The van der Waals surface area contributed by atoms with Crippen LogP contribution in [0.3, 0.4) is 0 Å². The van der Waals surface area contributed by atoms with E-state index in [9.17, 15) is 9.18 Å². The second kappa shape index (κ2) is 6.91. The van der Waals surface area contributed by atoms with E-state index in [2.05, 4.69) is 10.6 Å². The van der Waals surface area contributed by atoms with Gasteiger partial charge in [0, 0.05) is 17.4 Å². The maximum atomic E-state index is 13.0. The highest BCUT2D eigenvalue weighted by atomic mass is 19.1. The van der Waals surface area contributed by atoms with Gasteiger partial charge in [0.15, 0.2) is 6.61 Å². The van der Waals surface area contributed by atoms with Crippen LogP contribution in [0, 0.1) is 17.1 Å². The average Bonchev–Trinajstić information content (AvgIpc) is 2.45. The molecule has 5 nitrogen and oxygen atoms in total. The van der Waals surface area contributed by atoms with E-state index in [1.807, 2.05) is 6.07 Å². The first kappa shape index (κ1) is 14.3. The molecule has 0 saturated carbocycles. The number of anilines is 2. The molecule has 0 aromatic heterocycles. The van der Waals surface area contributed by atoms with E-state index in [0.717, 1.165) is 0 Å². The molecule has 0 atom stereocenters. The number of amides is 2. The number of carbonyl (C=O) groups excluding carboxylic acids is 1. The van der Waals surface area contributed by atoms with Crippen molar-refractivity contribution in [2.75, 3.05) is 17.2 Å². The molecule has 106 valence electrons. The van der Waals surface area contributed by atoms with Gasteiger partial charge in [-0.15, -0.1) is 0 Å². The molecule has 0 saturated heterocycles. The van der Waals surface area contributed by atoms with Crippen molar-refractivity contribution in [1.29, 1.82) is 5.26 Å². The van der Waals surface area contributed by atoms with Crippen molar-refractivity contribution < 1.29 is 13.9 Å². The topological polar surface area (TPSA) is 74.1 Å². The Bertz CT molecular complexity index is 683. The summed E-state index contributed by atoms with van der Waals surface area (Å²) in [7, 11) is 0. The number of ether oxygens (including phenoxy) is 1. The van der Waals surface area contributed by atoms with Crippen LogP contribution in [0.15, 0.2) is 48.5 Å². The molecular formula is C15H12FN3O2. The summed E-state index contributed by atoms with van der Waals surface area (Å²) in [6.45, 7) is -0.0705. The van der Waals surface area contributed by atoms with Crippen molar-refractivity contribution in [2.24, 2.45) is 0 Å². The number of benzene rings is 2. The van der Waals surface area contributed by atoms with Crippen LogP contribution in [0.2, 0.25) is 0 Å². The van der Waals surface area contributed by atoms with Crippen molar-refractivity contribution >= 4 is 17.4 Å². The van der Waals surface area contributed by atoms with Gasteiger partial charge in [-0.05, 0) is 30.3 Å². The van der Waals surface area contributed by atoms with Crippen molar-refractivity contribution in [3.8, 4) is 11.8 Å². The van der Waals surface area contributed by atoms with Gasteiger partial charge in [-0.2, -0.15) is 5.26 Å². The number of rotatable bonds is 4. The van der Waals surface area contributed by atoms with Crippen LogP contribution >= 0.6 is 0 Å². The Balaban J connectivity index is 1.98. The summed E-state index contributed by atoms with van der Waals surface area (Å²) >= 11 is 0. The van der Waals surface area contributed by atoms with E-state index in [0.29, 0.717) is 17.1 Å². The average molecular weight is 285 g/mol. The zero-order valence-electron chi connectivity index (χ0n) is 11.0. The summed E-state index contributed by atoms with van der Waals surface area (Å²) in [4.78, 5) is 11.8. The number of nitriles is 1. The third kappa shape index (κ3) is 4.51. The number of halogens is 1. The van der Waals surface area contributed by atoms with E-state index in [4.69, 9.17) is 10.00 Å². The fourth-order valence-corrected chi connectivity index (χ4v) is 1.64. The molecule has 0 aliphatic heterocycles. The lowest BCUT2D eigenvalue weighted by Gasteiger charge is -2.09. The molecule has 0 fully saturated rings. The molecule has 2 amide bonds. The second-order valence-corrected chi connectivity index (χ2v) is 4.06. The SMILES string of the molecule is N#CCOc1cccc(NC(=O)Nc2cccc(F)c2)c1. The molecule has 2 N–H and O–H groups in total. The largest absolute Gasteiger partial charge is 0.479 e. The molecule has 2 aromatic rings. The minimum absolute atomic E-state index is 0.0705. The van der Waals surface area contributed by atoms with Crippen LogP contribution in [-0.4, -0.2) is 12.6 Å². The second-order valence-electron chi connectivity index (χ2n) is 4.06. The first-order chi connectivity index (χ1) is 10.2. The quantitative estimate of drug-likeness (QED) is 0.904. The Morgan fingerprint density at radius 1 is 1.14 bits per heavy atom. The number of urea groups is 1. The molecule has 0 aliphatic carbocycles. The number of nitrogens with zero attached hydrogens (tertiary/aromatic N) is 1. The van der Waals surface area contributed by atoms with E-state index in [-0.39, 0.29) is 6.61 Å². The molecule has 0 aliphatic rings. The van der Waals surface area contributed by atoms with Gasteiger partial charge in [0.25, 0.3) is 0 Å². The molecule has 0 spiro atoms. The minimum Gasteiger partial charge on any atom is -0.479 e. The Kier molecular flexibility index (Phi) is 4.72. The van der Waals surface area contributed by atoms with Crippen LogP contribution < -0.4 is 15.4 Å². The number of nitrogens with one attached hydrogen (secondary N) is 2. The summed E-state index contributed by atoms with van der Waals surface area (Å²) in [5, 5.41) is 13.5. The van der Waals surface area contributed by atoms with Crippen LogP contribution in [-0.2, 0) is 0 Å². The molecule has 6 heteroatoms. The number of carbonyl (C=O) groups is 1. The molecule has 0 radical (unpaired) electrons. The molecule has 21 heavy (non-hydrogen) atoms. The van der Waals surface area contributed by atoms with Gasteiger partial charge in [-0.3, -0.25) is 0 Å². The van der Waals surface area contributed by atoms with Crippen LogP contribution in [0.5, 0.6) is 5.75 Å². The molecule has 0 bridgehead atoms. The summed E-state index contributed by atoms with van der Waals surface area (Å²) < 4.78 is 18.1. The van der Waals surface area contributed by atoms with Crippen molar-refractivity contribution in [3.05, 3.63) is 54.3 Å². The van der Waals surface area contributed by atoms with Gasteiger partial charge in [-0.1, -0.05) is 12.1 Å². The number of hydrogen-bond donors (Lipinski definition) is 2. The van der Waals surface area contributed by atoms with Crippen LogP contribution in [0.25, 0.3) is 0 Å². The van der Waals surface area contributed by atoms with Gasteiger partial charge in [0.2, 0.25) is 0 Å². The molecular weight excluding hydrogens is 273 g/mol. The van der Waals surface area contributed by atoms with Crippen molar-refractivity contribution in [1.82, 2.24) is 0 Å². The monoisotopic (exact) mass is 285 g/mol. The predicted octanol–water partition coefficient (Wildman–Crippen LogP) is 3.37. The van der Waals surface area contributed by atoms with Crippen molar-refractivity contribution in [3.63, 3.8) is 0 Å².